The number of fused-ring (bicyclic) bond motifs is 3. The van der Waals surface area contributed by atoms with Crippen LogP contribution in [0, 0.1) is 5.82 Å². The Balaban J connectivity index is 2.40. The van der Waals surface area contributed by atoms with Gasteiger partial charge in [-0.05, 0) is 24.1 Å². The Kier molecular flexibility index (Phi) is 1.49. The minimum atomic E-state index is -0.346. The molecule has 1 aliphatic heterocycles. The number of benzene rings is 1. The minimum Gasteiger partial charge on any atom is -0.396 e. The lowest BCUT2D eigenvalue weighted by Crippen LogP contribution is -1.94. The van der Waals surface area contributed by atoms with E-state index in [0.717, 1.165) is 35.1 Å². The highest BCUT2D eigenvalue weighted by Gasteiger charge is 2.18. The molecule has 0 unspecified atom stereocenters. The van der Waals surface area contributed by atoms with Crippen LogP contribution in [0.2, 0.25) is 0 Å². The van der Waals surface area contributed by atoms with E-state index in [-0.39, 0.29) is 11.5 Å². The lowest BCUT2D eigenvalue weighted by atomic mass is 10.1. The third-order valence-corrected chi connectivity index (χ3v) is 3.02. The summed E-state index contributed by atoms with van der Waals surface area (Å²) in [5.74, 6) is -0.346. The monoisotopic (exact) mass is 202 g/mol. The zero-order valence-electron chi connectivity index (χ0n) is 8.26. The first-order chi connectivity index (χ1) is 7.16. The van der Waals surface area contributed by atoms with Gasteiger partial charge in [0.15, 0.2) is 0 Å². The summed E-state index contributed by atoms with van der Waals surface area (Å²) in [6.07, 6.45) is 0.956. The van der Waals surface area contributed by atoms with Gasteiger partial charge in [-0.1, -0.05) is 6.58 Å². The van der Waals surface area contributed by atoms with Crippen molar-refractivity contribution >= 4 is 22.2 Å². The summed E-state index contributed by atoms with van der Waals surface area (Å²) in [4.78, 5) is 0. The molecule has 3 rings (SSSR count). The van der Waals surface area contributed by atoms with Crippen LogP contribution in [0.5, 0.6) is 0 Å². The van der Waals surface area contributed by atoms with Crippen LogP contribution < -0.4 is 5.73 Å². The van der Waals surface area contributed by atoms with E-state index >= 15 is 0 Å². The van der Waals surface area contributed by atoms with Gasteiger partial charge in [-0.25, -0.2) is 4.39 Å². The Bertz CT molecular complexity index is 581. The lowest BCUT2D eigenvalue weighted by Gasteiger charge is -2.01. The number of nitrogen functional groups attached to an aromatic ring is 1. The fourth-order valence-corrected chi connectivity index (χ4v) is 2.21. The van der Waals surface area contributed by atoms with Gasteiger partial charge in [-0.2, -0.15) is 0 Å². The zero-order chi connectivity index (χ0) is 10.6. The normalized spacial score (nSPS) is 14.9. The van der Waals surface area contributed by atoms with E-state index in [1.165, 1.54) is 6.07 Å². The van der Waals surface area contributed by atoms with Gasteiger partial charge in [0.05, 0.1) is 11.2 Å². The fourth-order valence-electron chi connectivity index (χ4n) is 2.21. The van der Waals surface area contributed by atoms with Gasteiger partial charge in [0.2, 0.25) is 0 Å². The van der Waals surface area contributed by atoms with Crippen molar-refractivity contribution in [1.29, 1.82) is 0 Å². The number of rotatable bonds is 0. The maximum atomic E-state index is 13.3. The van der Waals surface area contributed by atoms with Crippen molar-refractivity contribution in [3.63, 3.8) is 0 Å². The molecule has 2 N–H and O–H groups in total. The molecule has 15 heavy (non-hydrogen) atoms. The van der Waals surface area contributed by atoms with Crippen molar-refractivity contribution in [2.75, 3.05) is 5.73 Å². The second kappa shape index (κ2) is 2.63. The molecule has 2 aromatic rings. The summed E-state index contributed by atoms with van der Waals surface area (Å²) in [5, 5.41) is 0.991. The summed E-state index contributed by atoms with van der Waals surface area (Å²) < 4.78 is 15.4. The van der Waals surface area contributed by atoms with Crippen molar-refractivity contribution < 1.29 is 4.39 Å². The second-order valence-corrected chi connectivity index (χ2v) is 3.97. The molecule has 0 saturated heterocycles. The van der Waals surface area contributed by atoms with E-state index in [1.807, 2.05) is 6.07 Å². The molecule has 0 fully saturated rings. The maximum absolute atomic E-state index is 13.3. The van der Waals surface area contributed by atoms with Gasteiger partial charge >= 0.3 is 0 Å². The average molecular weight is 202 g/mol. The topological polar surface area (TPSA) is 30.9 Å². The van der Waals surface area contributed by atoms with Crippen molar-refractivity contribution in [3.8, 4) is 0 Å². The Hall–Kier alpha value is -1.77. The quantitative estimate of drug-likeness (QED) is 0.654. The van der Waals surface area contributed by atoms with Crippen molar-refractivity contribution in [1.82, 2.24) is 4.57 Å². The van der Waals surface area contributed by atoms with Crippen LogP contribution in [-0.4, -0.2) is 4.57 Å². The predicted octanol–water partition coefficient (Wildman–Crippen LogP) is 2.78. The molecule has 1 aromatic carbocycles. The van der Waals surface area contributed by atoms with Crippen LogP contribution in [0.15, 0.2) is 24.8 Å². The van der Waals surface area contributed by atoms with E-state index in [4.69, 9.17) is 5.73 Å². The number of hydrogen-bond donors (Lipinski definition) is 1. The van der Waals surface area contributed by atoms with Crippen molar-refractivity contribution in [2.24, 2.45) is 0 Å². The molecular weight excluding hydrogens is 191 g/mol. The largest absolute Gasteiger partial charge is 0.396 e. The Morgan fingerprint density at radius 1 is 1.33 bits per heavy atom. The number of anilines is 1. The van der Waals surface area contributed by atoms with Gasteiger partial charge in [0.1, 0.15) is 5.82 Å². The maximum Gasteiger partial charge on any atom is 0.148 e. The highest BCUT2D eigenvalue weighted by Crippen LogP contribution is 2.33. The van der Waals surface area contributed by atoms with E-state index in [9.17, 15) is 4.39 Å². The molecule has 0 bridgehead atoms. The summed E-state index contributed by atoms with van der Waals surface area (Å²) in [6.45, 7) is 4.88. The highest BCUT2D eigenvalue weighted by atomic mass is 19.1. The fraction of sp³-hybridized carbons (Fsp3) is 0.167. The van der Waals surface area contributed by atoms with E-state index in [0.29, 0.717) is 0 Å². The van der Waals surface area contributed by atoms with Crippen LogP contribution in [0.25, 0.3) is 16.5 Å². The number of allylic oxidation sites excluding steroid dienone is 1. The minimum absolute atomic E-state index is 0.206. The molecule has 0 saturated carbocycles. The number of nitrogens with two attached hydrogens (primary N) is 1. The summed E-state index contributed by atoms with van der Waals surface area (Å²) in [7, 11) is 0. The molecule has 76 valence electrons. The molecular formula is C12H11FN2. The molecule has 0 amide bonds. The lowest BCUT2D eigenvalue weighted by molar-refractivity contribution is 0.633. The smallest absolute Gasteiger partial charge is 0.148 e. The van der Waals surface area contributed by atoms with Gasteiger partial charge < -0.3 is 10.3 Å². The number of aryl methyl sites for hydroxylation is 1. The van der Waals surface area contributed by atoms with Crippen LogP contribution in [0.4, 0.5) is 10.1 Å². The highest BCUT2D eigenvalue weighted by molar-refractivity contribution is 5.89. The van der Waals surface area contributed by atoms with Crippen LogP contribution in [0.3, 0.4) is 0 Å². The molecule has 0 radical (unpaired) electrons. The SMILES string of the molecule is C=C1CCn2c1cc1cc(N)c(F)cc12. The Morgan fingerprint density at radius 2 is 2.13 bits per heavy atom. The Labute approximate surface area is 86.8 Å². The second-order valence-electron chi connectivity index (χ2n) is 3.97. The molecule has 3 heteroatoms. The number of aromatic nitrogens is 1. The molecule has 1 aromatic heterocycles. The van der Waals surface area contributed by atoms with E-state index < -0.39 is 0 Å². The van der Waals surface area contributed by atoms with Crippen molar-refractivity contribution in [3.05, 3.63) is 36.3 Å². The summed E-state index contributed by atoms with van der Waals surface area (Å²) in [6, 6.07) is 5.22. The first-order valence-corrected chi connectivity index (χ1v) is 4.93. The molecule has 1 aliphatic rings. The molecule has 2 nitrogen and oxygen atoms in total. The first kappa shape index (κ1) is 8.53. The standard InChI is InChI=1S/C12H11FN2/c1-7-2-3-15-11(7)5-8-4-10(14)9(13)6-12(8)15/h4-6H,1-3,14H2. The summed E-state index contributed by atoms with van der Waals surface area (Å²) in [5.41, 5.74) is 8.87. The number of hydrogen-bond acceptors (Lipinski definition) is 1. The number of nitrogens with zero attached hydrogens (tertiary/aromatic N) is 1. The van der Waals surface area contributed by atoms with E-state index in [2.05, 4.69) is 11.1 Å². The predicted molar refractivity (Wildman–Crippen MR) is 60.0 cm³/mol. The first-order valence-electron chi connectivity index (χ1n) is 4.93. The third-order valence-electron chi connectivity index (χ3n) is 3.02. The molecule has 0 atom stereocenters. The average Bonchev–Trinajstić information content (AvgIpc) is 2.70. The molecule has 2 heterocycles. The molecule has 0 aliphatic carbocycles. The van der Waals surface area contributed by atoms with Gasteiger partial charge in [0, 0.05) is 23.7 Å². The zero-order valence-corrected chi connectivity index (χ0v) is 8.26. The van der Waals surface area contributed by atoms with E-state index in [1.54, 1.807) is 6.07 Å². The van der Waals surface area contributed by atoms with Gasteiger partial charge in [0.25, 0.3) is 0 Å². The molecule has 0 spiro atoms. The van der Waals surface area contributed by atoms with Gasteiger partial charge in [-0.3, -0.25) is 0 Å². The van der Waals surface area contributed by atoms with Crippen molar-refractivity contribution in [2.45, 2.75) is 13.0 Å². The van der Waals surface area contributed by atoms with Crippen LogP contribution >= 0.6 is 0 Å². The number of halogens is 1. The Morgan fingerprint density at radius 3 is 2.93 bits per heavy atom. The van der Waals surface area contributed by atoms with Crippen LogP contribution in [-0.2, 0) is 6.54 Å². The summed E-state index contributed by atoms with van der Waals surface area (Å²) >= 11 is 0. The van der Waals surface area contributed by atoms with Crippen LogP contribution in [0.1, 0.15) is 12.1 Å². The van der Waals surface area contributed by atoms with Gasteiger partial charge in [-0.15, -0.1) is 0 Å². The third kappa shape index (κ3) is 1.03.